The summed E-state index contributed by atoms with van der Waals surface area (Å²) in [6.45, 7) is 0. The molecule has 14 heavy (non-hydrogen) atoms. The topological polar surface area (TPSA) is 95.6 Å². The Balaban J connectivity index is 3.13. The third-order valence-corrected chi connectivity index (χ3v) is 1.93. The van der Waals surface area contributed by atoms with Gasteiger partial charge in [-0.05, 0) is 12.1 Å². The first-order valence-corrected chi connectivity index (χ1v) is 4.11. The van der Waals surface area contributed by atoms with Gasteiger partial charge in [0.15, 0.2) is 6.10 Å². The molecule has 1 atom stereocenters. The van der Waals surface area contributed by atoms with Crippen molar-refractivity contribution in [3.05, 3.63) is 28.8 Å². The third kappa shape index (κ3) is 2.14. The molecule has 1 aromatic carbocycles. The maximum Gasteiger partial charge on any atom is 0.337 e. The van der Waals surface area contributed by atoms with Gasteiger partial charge in [-0.2, -0.15) is 0 Å². The van der Waals surface area contributed by atoms with Crippen molar-refractivity contribution in [2.24, 2.45) is 5.84 Å². The second-order valence-electron chi connectivity index (χ2n) is 2.62. The number of carboxylic acid groups (broad SMARTS) is 1. The Hall–Kier alpha value is -1.30. The van der Waals surface area contributed by atoms with Crippen LogP contribution in [0.15, 0.2) is 18.2 Å². The van der Waals surface area contributed by atoms with Crippen LogP contribution in [0.3, 0.4) is 0 Å². The molecule has 0 aliphatic heterocycles. The lowest BCUT2D eigenvalue weighted by Crippen LogP contribution is -2.15. The molecule has 0 saturated carbocycles. The molecule has 1 aromatic rings. The smallest absolute Gasteiger partial charge is 0.337 e. The third-order valence-electron chi connectivity index (χ3n) is 1.70. The Morgan fingerprint density at radius 3 is 2.71 bits per heavy atom. The van der Waals surface area contributed by atoms with Crippen molar-refractivity contribution < 1.29 is 15.0 Å². The minimum Gasteiger partial charge on any atom is -0.479 e. The van der Waals surface area contributed by atoms with E-state index >= 15 is 0 Å². The van der Waals surface area contributed by atoms with Crippen LogP contribution in [0.4, 0.5) is 5.69 Å². The molecule has 6 heteroatoms. The zero-order valence-electron chi connectivity index (χ0n) is 7.07. The van der Waals surface area contributed by atoms with Gasteiger partial charge in [0.25, 0.3) is 0 Å². The van der Waals surface area contributed by atoms with Crippen molar-refractivity contribution >= 4 is 23.3 Å². The van der Waals surface area contributed by atoms with E-state index in [9.17, 15) is 9.90 Å². The Labute approximate surface area is 85.1 Å². The molecule has 0 spiro atoms. The number of aliphatic hydroxyl groups is 1. The van der Waals surface area contributed by atoms with Crippen molar-refractivity contribution in [3.8, 4) is 0 Å². The number of rotatable bonds is 3. The van der Waals surface area contributed by atoms with E-state index in [1.807, 2.05) is 0 Å². The Morgan fingerprint density at radius 2 is 2.21 bits per heavy atom. The number of aliphatic carboxylic acids is 1. The first-order chi connectivity index (χ1) is 6.56. The summed E-state index contributed by atoms with van der Waals surface area (Å²) in [5, 5.41) is 18.2. The quantitative estimate of drug-likeness (QED) is 0.442. The second kappa shape index (κ2) is 4.28. The molecule has 0 aromatic heterocycles. The molecule has 0 amide bonds. The van der Waals surface area contributed by atoms with Crippen LogP contribution in [0, 0.1) is 0 Å². The van der Waals surface area contributed by atoms with Crippen molar-refractivity contribution in [1.29, 1.82) is 0 Å². The maximum absolute atomic E-state index is 10.5. The number of nitrogens with two attached hydrogens (primary N) is 1. The van der Waals surface area contributed by atoms with Gasteiger partial charge in [-0.3, -0.25) is 5.84 Å². The molecule has 0 fully saturated rings. The van der Waals surface area contributed by atoms with Gasteiger partial charge >= 0.3 is 5.97 Å². The van der Waals surface area contributed by atoms with E-state index in [1.165, 1.54) is 18.2 Å². The summed E-state index contributed by atoms with van der Waals surface area (Å²) in [7, 11) is 0. The highest BCUT2D eigenvalue weighted by atomic mass is 35.5. The van der Waals surface area contributed by atoms with Crippen LogP contribution >= 0.6 is 11.6 Å². The Bertz CT molecular complexity index is 356. The molecule has 1 rings (SSSR count). The average Bonchev–Trinajstić information content (AvgIpc) is 2.16. The molecule has 1 unspecified atom stereocenters. The van der Waals surface area contributed by atoms with Gasteiger partial charge < -0.3 is 15.6 Å². The van der Waals surface area contributed by atoms with Crippen molar-refractivity contribution in [2.45, 2.75) is 6.10 Å². The molecule has 0 aliphatic rings. The zero-order chi connectivity index (χ0) is 10.7. The summed E-state index contributed by atoms with van der Waals surface area (Å²) in [5.74, 6) is 3.80. The average molecular weight is 217 g/mol. The van der Waals surface area contributed by atoms with Crippen LogP contribution in [0.2, 0.25) is 5.02 Å². The van der Waals surface area contributed by atoms with Gasteiger partial charge in [0.05, 0.1) is 5.69 Å². The zero-order valence-corrected chi connectivity index (χ0v) is 7.82. The minimum atomic E-state index is -1.61. The Kier molecular flexibility index (Phi) is 3.29. The molecule has 0 bridgehead atoms. The highest BCUT2D eigenvalue weighted by molar-refractivity contribution is 6.30. The fraction of sp³-hybridized carbons (Fsp3) is 0.125. The SMILES string of the molecule is NNc1cc(Cl)ccc1C(O)C(=O)O. The minimum absolute atomic E-state index is 0.171. The number of aliphatic hydroxyl groups excluding tert-OH is 1. The maximum atomic E-state index is 10.5. The monoisotopic (exact) mass is 216 g/mol. The van der Waals surface area contributed by atoms with Gasteiger partial charge in [-0.1, -0.05) is 17.7 Å². The van der Waals surface area contributed by atoms with E-state index in [0.29, 0.717) is 5.02 Å². The van der Waals surface area contributed by atoms with Gasteiger partial charge in [0.2, 0.25) is 0 Å². The first-order valence-electron chi connectivity index (χ1n) is 3.73. The predicted molar refractivity (Wildman–Crippen MR) is 51.9 cm³/mol. The van der Waals surface area contributed by atoms with Gasteiger partial charge in [-0.15, -0.1) is 0 Å². The fourth-order valence-corrected chi connectivity index (χ4v) is 1.20. The van der Waals surface area contributed by atoms with E-state index in [-0.39, 0.29) is 11.3 Å². The van der Waals surface area contributed by atoms with E-state index in [0.717, 1.165) is 0 Å². The summed E-state index contributed by atoms with van der Waals surface area (Å²) < 4.78 is 0. The number of nitrogens with one attached hydrogen (secondary N) is 1. The van der Waals surface area contributed by atoms with Crippen LogP contribution in [0.5, 0.6) is 0 Å². The van der Waals surface area contributed by atoms with Crippen LogP contribution in [0.25, 0.3) is 0 Å². The number of halogens is 1. The van der Waals surface area contributed by atoms with Crippen LogP contribution in [-0.4, -0.2) is 16.2 Å². The van der Waals surface area contributed by atoms with Crippen LogP contribution in [-0.2, 0) is 4.79 Å². The number of hydrogen-bond donors (Lipinski definition) is 4. The molecule has 5 nitrogen and oxygen atoms in total. The lowest BCUT2D eigenvalue weighted by atomic mass is 10.1. The second-order valence-corrected chi connectivity index (χ2v) is 3.05. The molecular formula is C8H9ClN2O3. The number of benzene rings is 1. The number of anilines is 1. The number of hydrazine groups is 1. The fourth-order valence-electron chi connectivity index (χ4n) is 1.02. The highest BCUT2D eigenvalue weighted by Crippen LogP contribution is 2.25. The molecule has 0 radical (unpaired) electrons. The predicted octanol–water partition coefficient (Wildman–Crippen LogP) is 0.744. The normalized spacial score (nSPS) is 12.2. The number of carbonyl (C=O) groups is 1. The lowest BCUT2D eigenvalue weighted by Gasteiger charge is -2.11. The summed E-state index contributed by atoms with van der Waals surface area (Å²) in [4.78, 5) is 10.5. The largest absolute Gasteiger partial charge is 0.479 e. The molecule has 0 saturated heterocycles. The number of carboxylic acids is 1. The molecular weight excluding hydrogens is 208 g/mol. The van der Waals surface area contributed by atoms with E-state index in [4.69, 9.17) is 22.6 Å². The van der Waals surface area contributed by atoms with Crippen LogP contribution in [0.1, 0.15) is 11.7 Å². The van der Waals surface area contributed by atoms with Gasteiger partial charge in [-0.25, -0.2) is 4.79 Å². The van der Waals surface area contributed by atoms with E-state index < -0.39 is 12.1 Å². The van der Waals surface area contributed by atoms with Crippen molar-refractivity contribution in [2.75, 3.05) is 5.43 Å². The standard InChI is InChI=1S/C8H9ClN2O3/c9-4-1-2-5(6(3-4)11-10)7(12)8(13)14/h1-3,7,11-12H,10H2,(H,13,14). The molecule has 0 aliphatic carbocycles. The first kappa shape index (κ1) is 10.8. The van der Waals surface area contributed by atoms with Crippen molar-refractivity contribution in [1.82, 2.24) is 0 Å². The van der Waals surface area contributed by atoms with Crippen LogP contribution < -0.4 is 11.3 Å². The summed E-state index contributed by atoms with van der Waals surface area (Å²) >= 11 is 5.66. The van der Waals surface area contributed by atoms with Gasteiger partial charge in [0, 0.05) is 10.6 Å². The van der Waals surface area contributed by atoms with Crippen molar-refractivity contribution in [3.63, 3.8) is 0 Å². The lowest BCUT2D eigenvalue weighted by molar-refractivity contribution is -0.146. The summed E-state index contributed by atoms with van der Waals surface area (Å²) in [6.07, 6.45) is -1.61. The molecule has 5 N–H and O–H groups in total. The summed E-state index contributed by atoms with van der Waals surface area (Å²) in [5.41, 5.74) is 2.72. The number of hydrogen-bond acceptors (Lipinski definition) is 4. The Morgan fingerprint density at radius 1 is 1.57 bits per heavy atom. The van der Waals surface area contributed by atoms with E-state index in [2.05, 4.69) is 5.43 Å². The highest BCUT2D eigenvalue weighted by Gasteiger charge is 2.19. The molecule has 76 valence electrons. The number of nitrogen functional groups attached to an aromatic ring is 1. The van der Waals surface area contributed by atoms with E-state index in [1.54, 1.807) is 0 Å². The molecule has 0 heterocycles. The van der Waals surface area contributed by atoms with Gasteiger partial charge in [0.1, 0.15) is 0 Å². The summed E-state index contributed by atoms with van der Waals surface area (Å²) in [6, 6.07) is 4.31.